The molecule has 0 saturated heterocycles. The van der Waals surface area contributed by atoms with Gasteiger partial charge in [-0.05, 0) is 49.7 Å². The van der Waals surface area contributed by atoms with Crippen LogP contribution >= 0.6 is 0 Å². The first-order valence-electron chi connectivity index (χ1n) is 9.40. The molecular weight excluding hydrogens is 348 g/mol. The molecule has 1 heterocycles. The summed E-state index contributed by atoms with van der Waals surface area (Å²) in [5.74, 6) is 0.744. The van der Waals surface area contributed by atoms with Crippen molar-refractivity contribution >= 4 is 17.2 Å². The fraction of sp³-hybridized carbons (Fsp3) is 0.167. The number of hydrogen-bond donors (Lipinski definition) is 0. The smallest absolute Gasteiger partial charge is 0.150 e. The highest BCUT2D eigenvalue weighted by molar-refractivity contribution is 5.93. The van der Waals surface area contributed by atoms with Crippen molar-refractivity contribution in [3.8, 4) is 17.0 Å². The van der Waals surface area contributed by atoms with Crippen LogP contribution in [0.25, 0.3) is 22.2 Å². The van der Waals surface area contributed by atoms with Gasteiger partial charge < -0.3 is 4.74 Å². The summed E-state index contributed by atoms with van der Waals surface area (Å²) >= 11 is 0. The second kappa shape index (κ2) is 7.69. The Kier molecular flexibility index (Phi) is 4.94. The first-order valence-corrected chi connectivity index (χ1v) is 9.40. The molecular formula is C24H22N2O2. The molecule has 0 aliphatic heterocycles. The van der Waals surface area contributed by atoms with E-state index in [2.05, 4.69) is 48.9 Å². The van der Waals surface area contributed by atoms with Crippen molar-refractivity contribution in [1.29, 1.82) is 0 Å². The lowest BCUT2D eigenvalue weighted by molar-refractivity contribution is 0.112. The van der Waals surface area contributed by atoms with Crippen LogP contribution in [0.1, 0.15) is 35.8 Å². The number of carbonyl (C=O) groups excluding carboxylic acids is 1. The SMILES string of the molecule is CC(C)n1nc(-c2ccccc2)c2ccc(COc3ccc(C=O)cc3)cc21. The summed E-state index contributed by atoms with van der Waals surface area (Å²) in [6.45, 7) is 4.73. The molecule has 4 heteroatoms. The molecule has 4 aromatic rings. The van der Waals surface area contributed by atoms with E-state index in [1.165, 1.54) is 0 Å². The number of carbonyl (C=O) groups is 1. The average molecular weight is 370 g/mol. The summed E-state index contributed by atoms with van der Waals surface area (Å²) in [4.78, 5) is 10.8. The van der Waals surface area contributed by atoms with E-state index >= 15 is 0 Å². The van der Waals surface area contributed by atoms with Gasteiger partial charge in [0.25, 0.3) is 0 Å². The number of ether oxygens (including phenoxy) is 1. The number of aromatic nitrogens is 2. The van der Waals surface area contributed by atoms with E-state index < -0.39 is 0 Å². The number of rotatable bonds is 6. The third-order valence-electron chi connectivity index (χ3n) is 4.73. The highest BCUT2D eigenvalue weighted by atomic mass is 16.5. The standard InChI is InChI=1S/C24H22N2O2/c1-17(2)26-23-14-19(16-28-21-11-8-18(15-27)9-12-21)10-13-22(23)24(25-26)20-6-4-3-5-7-20/h3-15,17H,16H2,1-2H3. The molecule has 3 aromatic carbocycles. The average Bonchev–Trinajstić information content (AvgIpc) is 3.12. The molecule has 0 amide bonds. The molecule has 0 aliphatic rings. The van der Waals surface area contributed by atoms with Crippen LogP contribution in [0, 0.1) is 0 Å². The second-order valence-electron chi connectivity index (χ2n) is 7.08. The molecule has 0 saturated carbocycles. The first kappa shape index (κ1) is 18.0. The second-order valence-corrected chi connectivity index (χ2v) is 7.08. The van der Waals surface area contributed by atoms with E-state index in [-0.39, 0.29) is 6.04 Å². The van der Waals surface area contributed by atoms with Crippen molar-refractivity contribution in [2.24, 2.45) is 0 Å². The maximum Gasteiger partial charge on any atom is 0.150 e. The van der Waals surface area contributed by atoms with Gasteiger partial charge in [-0.15, -0.1) is 0 Å². The summed E-state index contributed by atoms with van der Waals surface area (Å²) in [5.41, 5.74) is 4.94. The molecule has 0 bridgehead atoms. The molecule has 0 unspecified atom stereocenters. The first-order chi connectivity index (χ1) is 13.7. The summed E-state index contributed by atoms with van der Waals surface area (Å²) in [7, 11) is 0. The van der Waals surface area contributed by atoms with Crippen LogP contribution in [0.5, 0.6) is 5.75 Å². The molecule has 0 aliphatic carbocycles. The van der Waals surface area contributed by atoms with E-state index in [1.807, 2.05) is 30.3 Å². The van der Waals surface area contributed by atoms with Crippen LogP contribution in [0.2, 0.25) is 0 Å². The zero-order chi connectivity index (χ0) is 19.5. The Balaban J connectivity index is 1.66. The van der Waals surface area contributed by atoms with Gasteiger partial charge in [0, 0.05) is 22.6 Å². The molecule has 0 fully saturated rings. The summed E-state index contributed by atoms with van der Waals surface area (Å²) in [6, 6.07) is 24.0. The lowest BCUT2D eigenvalue weighted by Gasteiger charge is -2.09. The Hall–Kier alpha value is -3.40. The van der Waals surface area contributed by atoms with E-state index in [1.54, 1.807) is 12.1 Å². The molecule has 140 valence electrons. The number of aldehydes is 1. The predicted octanol–water partition coefficient (Wildman–Crippen LogP) is 5.68. The fourth-order valence-corrected chi connectivity index (χ4v) is 3.28. The predicted molar refractivity (Wildman–Crippen MR) is 112 cm³/mol. The zero-order valence-electron chi connectivity index (χ0n) is 16.0. The normalized spacial score (nSPS) is 11.1. The van der Waals surface area contributed by atoms with Gasteiger partial charge in [-0.2, -0.15) is 5.10 Å². The van der Waals surface area contributed by atoms with Gasteiger partial charge in [-0.25, -0.2) is 0 Å². The number of benzene rings is 3. The third kappa shape index (κ3) is 3.54. The molecule has 4 rings (SSSR count). The van der Waals surface area contributed by atoms with Gasteiger partial charge in [0.1, 0.15) is 24.3 Å². The Morgan fingerprint density at radius 3 is 2.43 bits per heavy atom. The Bertz CT molecular complexity index is 1100. The maximum absolute atomic E-state index is 10.8. The zero-order valence-corrected chi connectivity index (χ0v) is 16.0. The summed E-state index contributed by atoms with van der Waals surface area (Å²) < 4.78 is 7.96. The fourth-order valence-electron chi connectivity index (χ4n) is 3.28. The topological polar surface area (TPSA) is 44.1 Å². The molecule has 4 nitrogen and oxygen atoms in total. The molecule has 0 N–H and O–H groups in total. The quantitative estimate of drug-likeness (QED) is 0.410. The van der Waals surface area contributed by atoms with E-state index in [9.17, 15) is 4.79 Å². The highest BCUT2D eigenvalue weighted by Gasteiger charge is 2.14. The molecule has 0 radical (unpaired) electrons. The van der Waals surface area contributed by atoms with E-state index in [0.29, 0.717) is 12.2 Å². The minimum atomic E-state index is 0.256. The van der Waals surface area contributed by atoms with Gasteiger partial charge in [-0.3, -0.25) is 9.48 Å². The largest absolute Gasteiger partial charge is 0.489 e. The maximum atomic E-state index is 10.8. The Morgan fingerprint density at radius 2 is 1.75 bits per heavy atom. The number of hydrogen-bond acceptors (Lipinski definition) is 3. The molecule has 1 aromatic heterocycles. The van der Waals surface area contributed by atoms with Crippen LogP contribution < -0.4 is 4.74 Å². The molecule has 0 atom stereocenters. The highest BCUT2D eigenvalue weighted by Crippen LogP contribution is 2.30. The lowest BCUT2D eigenvalue weighted by atomic mass is 10.1. The van der Waals surface area contributed by atoms with Crippen molar-refractivity contribution in [2.45, 2.75) is 26.5 Å². The van der Waals surface area contributed by atoms with Gasteiger partial charge in [-0.1, -0.05) is 42.5 Å². The van der Waals surface area contributed by atoms with Crippen molar-refractivity contribution in [2.75, 3.05) is 0 Å². The van der Waals surface area contributed by atoms with Crippen LogP contribution in [0.15, 0.2) is 72.8 Å². The van der Waals surface area contributed by atoms with Crippen molar-refractivity contribution in [1.82, 2.24) is 9.78 Å². The Morgan fingerprint density at radius 1 is 1.00 bits per heavy atom. The number of fused-ring (bicyclic) bond motifs is 1. The molecule has 28 heavy (non-hydrogen) atoms. The van der Waals surface area contributed by atoms with Crippen LogP contribution in [-0.4, -0.2) is 16.1 Å². The molecule has 0 spiro atoms. The van der Waals surface area contributed by atoms with Crippen LogP contribution in [-0.2, 0) is 6.61 Å². The Labute approximate surface area is 164 Å². The van der Waals surface area contributed by atoms with Gasteiger partial charge in [0.2, 0.25) is 0 Å². The minimum Gasteiger partial charge on any atom is -0.489 e. The minimum absolute atomic E-state index is 0.256. The third-order valence-corrected chi connectivity index (χ3v) is 4.73. The summed E-state index contributed by atoms with van der Waals surface area (Å²) in [6.07, 6.45) is 0.828. The summed E-state index contributed by atoms with van der Waals surface area (Å²) in [5, 5.41) is 6.02. The van der Waals surface area contributed by atoms with Gasteiger partial charge in [0.15, 0.2) is 0 Å². The van der Waals surface area contributed by atoms with Crippen LogP contribution in [0.4, 0.5) is 0 Å². The van der Waals surface area contributed by atoms with E-state index in [4.69, 9.17) is 9.84 Å². The van der Waals surface area contributed by atoms with Crippen molar-refractivity contribution in [3.63, 3.8) is 0 Å². The van der Waals surface area contributed by atoms with E-state index in [0.717, 1.165) is 39.8 Å². The van der Waals surface area contributed by atoms with Gasteiger partial charge in [0.05, 0.1) is 5.52 Å². The lowest BCUT2D eigenvalue weighted by Crippen LogP contribution is -2.03. The number of nitrogens with zero attached hydrogens (tertiary/aromatic N) is 2. The van der Waals surface area contributed by atoms with Crippen molar-refractivity contribution in [3.05, 3.63) is 83.9 Å². The van der Waals surface area contributed by atoms with Gasteiger partial charge >= 0.3 is 0 Å². The van der Waals surface area contributed by atoms with Crippen LogP contribution in [0.3, 0.4) is 0 Å². The van der Waals surface area contributed by atoms with Crippen molar-refractivity contribution < 1.29 is 9.53 Å². The monoisotopic (exact) mass is 370 g/mol.